The fraction of sp³-hybridized carbons (Fsp3) is 0.688. The lowest BCUT2D eigenvalue weighted by atomic mass is 9.94. The summed E-state index contributed by atoms with van der Waals surface area (Å²) in [4.78, 5) is 4.24. The predicted octanol–water partition coefficient (Wildman–Crippen LogP) is 3.40. The van der Waals surface area contributed by atoms with E-state index in [1.807, 2.05) is 12.4 Å². The molecule has 0 bridgehead atoms. The fourth-order valence-electron chi connectivity index (χ4n) is 2.73. The van der Waals surface area contributed by atoms with Gasteiger partial charge in [0.05, 0.1) is 29.4 Å². The molecule has 0 aromatic carbocycles. The van der Waals surface area contributed by atoms with Crippen molar-refractivity contribution in [3.8, 4) is 0 Å². The Hall–Kier alpha value is -1.29. The van der Waals surface area contributed by atoms with E-state index in [-0.39, 0.29) is 0 Å². The third-order valence-electron chi connectivity index (χ3n) is 3.97. The van der Waals surface area contributed by atoms with Crippen molar-refractivity contribution in [3.63, 3.8) is 0 Å². The molecule has 1 aliphatic carbocycles. The first-order valence-electron chi connectivity index (χ1n) is 7.87. The summed E-state index contributed by atoms with van der Waals surface area (Å²) in [7, 11) is 0. The number of rotatable bonds is 6. The standard InChI is InChI=1S/C16H27N3O/c1-2-9-18-14-10-15(12-17-11-14)19-13-16(20)7-5-3-4-6-8-16/h10-12,18-20H,2-9,13H2,1H3. The Labute approximate surface area is 122 Å². The molecule has 2 rings (SSSR count). The normalized spacial score (nSPS) is 18.3. The van der Waals surface area contributed by atoms with Crippen LogP contribution in [0.5, 0.6) is 0 Å². The fourth-order valence-corrected chi connectivity index (χ4v) is 2.73. The van der Waals surface area contributed by atoms with Crippen LogP contribution < -0.4 is 10.6 Å². The molecule has 112 valence electrons. The van der Waals surface area contributed by atoms with Gasteiger partial charge in [0, 0.05) is 13.1 Å². The summed E-state index contributed by atoms with van der Waals surface area (Å²) in [6, 6.07) is 2.06. The van der Waals surface area contributed by atoms with Crippen molar-refractivity contribution in [1.29, 1.82) is 0 Å². The van der Waals surface area contributed by atoms with Crippen molar-refractivity contribution in [2.45, 2.75) is 57.5 Å². The molecule has 0 amide bonds. The Bertz CT molecular complexity index is 400. The minimum atomic E-state index is -0.552. The maximum Gasteiger partial charge on any atom is 0.0819 e. The van der Waals surface area contributed by atoms with Gasteiger partial charge in [-0.05, 0) is 25.3 Å². The van der Waals surface area contributed by atoms with Gasteiger partial charge in [-0.15, -0.1) is 0 Å². The molecule has 3 N–H and O–H groups in total. The average molecular weight is 277 g/mol. The van der Waals surface area contributed by atoms with E-state index in [9.17, 15) is 5.11 Å². The van der Waals surface area contributed by atoms with Crippen molar-refractivity contribution < 1.29 is 5.11 Å². The predicted molar refractivity (Wildman–Crippen MR) is 84.2 cm³/mol. The molecule has 0 radical (unpaired) electrons. The molecule has 0 saturated heterocycles. The smallest absolute Gasteiger partial charge is 0.0819 e. The molecule has 4 heteroatoms. The molecule has 1 aromatic rings. The van der Waals surface area contributed by atoms with E-state index in [2.05, 4.69) is 28.6 Å². The van der Waals surface area contributed by atoms with E-state index in [0.717, 1.165) is 50.0 Å². The van der Waals surface area contributed by atoms with Gasteiger partial charge < -0.3 is 15.7 Å². The molecule has 4 nitrogen and oxygen atoms in total. The van der Waals surface area contributed by atoms with Crippen molar-refractivity contribution >= 4 is 11.4 Å². The van der Waals surface area contributed by atoms with Crippen LogP contribution in [-0.2, 0) is 0 Å². The van der Waals surface area contributed by atoms with Gasteiger partial charge in [0.1, 0.15) is 0 Å². The van der Waals surface area contributed by atoms with Crippen LogP contribution in [0.1, 0.15) is 51.9 Å². The highest BCUT2D eigenvalue weighted by Crippen LogP contribution is 2.27. The van der Waals surface area contributed by atoms with E-state index >= 15 is 0 Å². The summed E-state index contributed by atoms with van der Waals surface area (Å²) in [5, 5.41) is 17.3. The molecular weight excluding hydrogens is 250 g/mol. The molecule has 0 atom stereocenters. The number of aliphatic hydroxyl groups is 1. The van der Waals surface area contributed by atoms with Crippen LogP contribution in [0, 0.1) is 0 Å². The third-order valence-corrected chi connectivity index (χ3v) is 3.97. The lowest BCUT2D eigenvalue weighted by Gasteiger charge is -2.27. The van der Waals surface area contributed by atoms with Crippen LogP contribution in [0.15, 0.2) is 18.5 Å². The van der Waals surface area contributed by atoms with Gasteiger partial charge in [-0.3, -0.25) is 4.98 Å². The van der Waals surface area contributed by atoms with Crippen LogP contribution in [0.2, 0.25) is 0 Å². The van der Waals surface area contributed by atoms with Gasteiger partial charge in [0.25, 0.3) is 0 Å². The zero-order chi connectivity index (χ0) is 14.3. The molecule has 1 heterocycles. The third kappa shape index (κ3) is 4.67. The van der Waals surface area contributed by atoms with Gasteiger partial charge in [0.2, 0.25) is 0 Å². The number of hydrogen-bond donors (Lipinski definition) is 3. The van der Waals surface area contributed by atoms with Gasteiger partial charge in [0.15, 0.2) is 0 Å². The van der Waals surface area contributed by atoms with E-state index in [0.29, 0.717) is 6.54 Å². The Morgan fingerprint density at radius 3 is 2.40 bits per heavy atom. The zero-order valence-electron chi connectivity index (χ0n) is 12.5. The van der Waals surface area contributed by atoms with E-state index in [4.69, 9.17) is 0 Å². The van der Waals surface area contributed by atoms with Gasteiger partial charge in [-0.1, -0.05) is 32.6 Å². The summed E-state index contributed by atoms with van der Waals surface area (Å²) in [6.45, 7) is 3.71. The first-order valence-corrected chi connectivity index (χ1v) is 7.87. The molecule has 1 aliphatic rings. The molecule has 0 spiro atoms. The second-order valence-electron chi connectivity index (χ2n) is 5.88. The molecule has 1 saturated carbocycles. The summed E-state index contributed by atoms with van der Waals surface area (Å²) < 4.78 is 0. The minimum absolute atomic E-state index is 0.552. The van der Waals surface area contributed by atoms with Crippen LogP contribution in [0.25, 0.3) is 0 Å². The van der Waals surface area contributed by atoms with E-state index < -0.39 is 5.60 Å². The first kappa shape index (κ1) is 15.1. The Morgan fingerprint density at radius 1 is 1.10 bits per heavy atom. The molecule has 0 aliphatic heterocycles. The second kappa shape index (κ2) is 7.48. The number of aromatic nitrogens is 1. The lowest BCUT2D eigenvalue weighted by Crippen LogP contribution is -2.36. The number of pyridine rings is 1. The van der Waals surface area contributed by atoms with Crippen LogP contribution in [0.3, 0.4) is 0 Å². The van der Waals surface area contributed by atoms with Crippen molar-refractivity contribution in [3.05, 3.63) is 18.5 Å². The SMILES string of the molecule is CCCNc1cncc(NCC2(O)CCCCCC2)c1. The minimum Gasteiger partial charge on any atom is -0.388 e. The Morgan fingerprint density at radius 2 is 1.75 bits per heavy atom. The van der Waals surface area contributed by atoms with Crippen LogP contribution >= 0.6 is 0 Å². The molecule has 1 aromatic heterocycles. The molecule has 20 heavy (non-hydrogen) atoms. The van der Waals surface area contributed by atoms with Crippen molar-refractivity contribution in [2.24, 2.45) is 0 Å². The van der Waals surface area contributed by atoms with Crippen LogP contribution in [-0.4, -0.2) is 28.8 Å². The highest BCUT2D eigenvalue weighted by atomic mass is 16.3. The topological polar surface area (TPSA) is 57.2 Å². The van der Waals surface area contributed by atoms with Gasteiger partial charge in [-0.2, -0.15) is 0 Å². The summed E-state index contributed by atoms with van der Waals surface area (Å²) >= 11 is 0. The summed E-state index contributed by atoms with van der Waals surface area (Å²) in [5.74, 6) is 0. The number of nitrogens with zero attached hydrogens (tertiary/aromatic N) is 1. The maximum absolute atomic E-state index is 10.6. The monoisotopic (exact) mass is 277 g/mol. The second-order valence-corrected chi connectivity index (χ2v) is 5.88. The molecular formula is C16H27N3O. The van der Waals surface area contributed by atoms with E-state index in [1.165, 1.54) is 12.8 Å². The Balaban J connectivity index is 1.89. The average Bonchev–Trinajstić information content (AvgIpc) is 2.69. The lowest BCUT2D eigenvalue weighted by molar-refractivity contribution is 0.0381. The largest absolute Gasteiger partial charge is 0.388 e. The van der Waals surface area contributed by atoms with Gasteiger partial charge in [-0.25, -0.2) is 0 Å². The molecule has 0 unspecified atom stereocenters. The van der Waals surface area contributed by atoms with Crippen molar-refractivity contribution in [1.82, 2.24) is 4.98 Å². The van der Waals surface area contributed by atoms with Crippen LogP contribution in [0.4, 0.5) is 11.4 Å². The summed E-state index contributed by atoms with van der Waals surface area (Å²) in [6.07, 6.45) is 11.3. The number of anilines is 2. The Kier molecular flexibility index (Phi) is 5.65. The summed E-state index contributed by atoms with van der Waals surface area (Å²) in [5.41, 5.74) is 1.46. The zero-order valence-corrected chi connectivity index (χ0v) is 12.5. The highest BCUT2D eigenvalue weighted by Gasteiger charge is 2.27. The first-order chi connectivity index (χ1) is 9.72. The van der Waals surface area contributed by atoms with Gasteiger partial charge >= 0.3 is 0 Å². The highest BCUT2D eigenvalue weighted by molar-refractivity contribution is 5.54. The maximum atomic E-state index is 10.6. The van der Waals surface area contributed by atoms with E-state index in [1.54, 1.807) is 0 Å². The number of hydrogen-bond acceptors (Lipinski definition) is 4. The van der Waals surface area contributed by atoms with Crippen molar-refractivity contribution in [2.75, 3.05) is 23.7 Å². The molecule has 1 fully saturated rings. The quantitative estimate of drug-likeness (QED) is 0.698. The number of nitrogens with one attached hydrogen (secondary N) is 2.